The van der Waals surface area contributed by atoms with Gasteiger partial charge in [0.25, 0.3) is 5.91 Å². The maximum Gasteiger partial charge on any atom is 0.417 e. The summed E-state index contributed by atoms with van der Waals surface area (Å²) in [6.07, 6.45) is -1.46. The first-order chi connectivity index (χ1) is 16.7. The van der Waals surface area contributed by atoms with Crippen LogP contribution in [0.5, 0.6) is 0 Å². The summed E-state index contributed by atoms with van der Waals surface area (Å²) in [6, 6.07) is 11.7. The van der Waals surface area contributed by atoms with Gasteiger partial charge in [-0.2, -0.15) is 23.5 Å². The van der Waals surface area contributed by atoms with E-state index in [2.05, 4.69) is 21.1 Å². The zero-order valence-electron chi connectivity index (χ0n) is 19.5. The lowest BCUT2D eigenvalue weighted by Gasteiger charge is -2.24. The summed E-state index contributed by atoms with van der Waals surface area (Å²) in [7, 11) is 0. The summed E-state index contributed by atoms with van der Waals surface area (Å²) < 4.78 is 40.2. The van der Waals surface area contributed by atoms with Gasteiger partial charge in [0, 0.05) is 38.1 Å². The standard InChI is InChI=1S/C25H25F3N6O/c1-17(2)23-21(16-31-34(23)22-9-6-19(15-30-22)25(26,27)28)24(35)33-11-3-10-32(12-13-33)20-7-4-18(14-29)5-8-20/h4-9,15-17H,3,10-13H2,1-2H3. The molecule has 0 radical (unpaired) electrons. The number of anilines is 1. The van der Waals surface area contributed by atoms with Crippen LogP contribution in [0.15, 0.2) is 48.8 Å². The van der Waals surface area contributed by atoms with Crippen LogP contribution in [0.4, 0.5) is 18.9 Å². The van der Waals surface area contributed by atoms with Crippen LogP contribution >= 0.6 is 0 Å². The van der Waals surface area contributed by atoms with E-state index >= 15 is 0 Å². The molecular formula is C25H25F3N6O. The molecule has 0 N–H and O–H groups in total. The number of nitrogens with zero attached hydrogens (tertiary/aromatic N) is 6. The number of benzene rings is 1. The molecule has 3 heterocycles. The molecule has 1 amide bonds. The number of halogens is 3. The van der Waals surface area contributed by atoms with Crippen molar-refractivity contribution in [3.8, 4) is 11.9 Å². The second-order valence-corrected chi connectivity index (χ2v) is 8.70. The maximum atomic E-state index is 13.5. The van der Waals surface area contributed by atoms with Gasteiger partial charge in [0.15, 0.2) is 5.82 Å². The molecular weight excluding hydrogens is 457 g/mol. The van der Waals surface area contributed by atoms with E-state index in [0.29, 0.717) is 36.5 Å². The summed E-state index contributed by atoms with van der Waals surface area (Å²) in [4.78, 5) is 21.4. The molecule has 1 saturated heterocycles. The summed E-state index contributed by atoms with van der Waals surface area (Å²) in [5, 5.41) is 13.3. The first-order valence-corrected chi connectivity index (χ1v) is 11.3. The molecule has 1 aromatic carbocycles. The fourth-order valence-corrected chi connectivity index (χ4v) is 4.24. The third-order valence-electron chi connectivity index (χ3n) is 6.02. The predicted molar refractivity (Wildman–Crippen MR) is 124 cm³/mol. The van der Waals surface area contributed by atoms with E-state index in [0.717, 1.165) is 30.9 Å². The minimum Gasteiger partial charge on any atom is -0.370 e. The number of carbonyl (C=O) groups excluding carboxylic acids is 1. The lowest BCUT2D eigenvalue weighted by molar-refractivity contribution is -0.137. The Morgan fingerprint density at radius 3 is 2.37 bits per heavy atom. The van der Waals surface area contributed by atoms with Crippen LogP contribution < -0.4 is 4.90 Å². The Morgan fingerprint density at radius 1 is 1.03 bits per heavy atom. The van der Waals surface area contributed by atoms with Crippen molar-refractivity contribution in [3.63, 3.8) is 0 Å². The largest absolute Gasteiger partial charge is 0.417 e. The third kappa shape index (κ3) is 5.14. The number of carbonyl (C=O) groups is 1. The van der Waals surface area contributed by atoms with Crippen LogP contribution in [0.25, 0.3) is 5.82 Å². The molecule has 0 unspecified atom stereocenters. The quantitative estimate of drug-likeness (QED) is 0.542. The molecule has 1 aliphatic rings. The van der Waals surface area contributed by atoms with E-state index in [1.807, 2.05) is 26.0 Å². The molecule has 35 heavy (non-hydrogen) atoms. The van der Waals surface area contributed by atoms with Crippen molar-refractivity contribution in [2.75, 3.05) is 31.1 Å². The van der Waals surface area contributed by atoms with E-state index in [9.17, 15) is 18.0 Å². The smallest absolute Gasteiger partial charge is 0.370 e. The molecule has 1 aliphatic heterocycles. The molecule has 0 spiro atoms. The summed E-state index contributed by atoms with van der Waals surface area (Å²) in [5.74, 6) is -0.0418. The Hall–Kier alpha value is -3.87. The Bertz CT molecular complexity index is 1230. The number of rotatable bonds is 4. The third-order valence-corrected chi connectivity index (χ3v) is 6.02. The lowest BCUT2D eigenvalue weighted by atomic mass is 10.0. The van der Waals surface area contributed by atoms with Gasteiger partial charge in [-0.1, -0.05) is 13.8 Å². The molecule has 3 aromatic rings. The van der Waals surface area contributed by atoms with Gasteiger partial charge in [-0.3, -0.25) is 4.79 Å². The van der Waals surface area contributed by atoms with E-state index in [-0.39, 0.29) is 17.6 Å². The van der Waals surface area contributed by atoms with Crippen LogP contribution in [0, 0.1) is 11.3 Å². The van der Waals surface area contributed by atoms with Gasteiger partial charge in [-0.25, -0.2) is 9.67 Å². The van der Waals surface area contributed by atoms with Gasteiger partial charge < -0.3 is 9.80 Å². The van der Waals surface area contributed by atoms with Crippen molar-refractivity contribution in [2.45, 2.75) is 32.4 Å². The van der Waals surface area contributed by atoms with Crippen molar-refractivity contribution < 1.29 is 18.0 Å². The van der Waals surface area contributed by atoms with Crippen LogP contribution in [-0.4, -0.2) is 51.8 Å². The fraction of sp³-hybridized carbons (Fsp3) is 0.360. The summed E-state index contributed by atoms with van der Waals surface area (Å²) in [6.45, 7) is 6.32. The molecule has 7 nitrogen and oxygen atoms in total. The molecule has 10 heteroatoms. The highest BCUT2D eigenvalue weighted by molar-refractivity contribution is 5.95. The molecule has 0 saturated carbocycles. The zero-order chi connectivity index (χ0) is 25.2. The minimum absolute atomic E-state index is 0.109. The second-order valence-electron chi connectivity index (χ2n) is 8.70. The molecule has 0 bridgehead atoms. The van der Waals surface area contributed by atoms with Crippen molar-refractivity contribution in [2.24, 2.45) is 0 Å². The van der Waals surface area contributed by atoms with E-state index in [4.69, 9.17) is 5.26 Å². The van der Waals surface area contributed by atoms with Gasteiger partial charge in [-0.15, -0.1) is 0 Å². The van der Waals surface area contributed by atoms with Crippen molar-refractivity contribution >= 4 is 11.6 Å². The molecule has 0 atom stereocenters. The number of alkyl halides is 3. The van der Waals surface area contributed by atoms with Crippen LogP contribution in [0.1, 0.15) is 53.4 Å². The number of nitriles is 1. The van der Waals surface area contributed by atoms with Crippen LogP contribution in [-0.2, 0) is 6.18 Å². The number of hydrogen-bond acceptors (Lipinski definition) is 5. The van der Waals surface area contributed by atoms with Gasteiger partial charge in [0.05, 0.1) is 34.7 Å². The van der Waals surface area contributed by atoms with E-state index < -0.39 is 11.7 Å². The monoisotopic (exact) mass is 482 g/mol. The first kappa shape index (κ1) is 24.3. The SMILES string of the molecule is CC(C)c1c(C(=O)N2CCCN(c3ccc(C#N)cc3)CC2)cnn1-c1ccc(C(F)(F)F)cn1. The topological polar surface area (TPSA) is 78.0 Å². The zero-order valence-corrected chi connectivity index (χ0v) is 19.5. The summed E-state index contributed by atoms with van der Waals surface area (Å²) in [5.41, 5.74) is 1.79. The second kappa shape index (κ2) is 9.78. The van der Waals surface area contributed by atoms with Crippen molar-refractivity contribution in [1.82, 2.24) is 19.7 Å². The normalized spacial score (nSPS) is 14.7. The fourth-order valence-electron chi connectivity index (χ4n) is 4.24. The minimum atomic E-state index is -4.48. The van der Waals surface area contributed by atoms with Crippen LogP contribution in [0.2, 0.25) is 0 Å². The highest BCUT2D eigenvalue weighted by Crippen LogP contribution is 2.30. The van der Waals surface area contributed by atoms with E-state index in [1.165, 1.54) is 16.9 Å². The van der Waals surface area contributed by atoms with Gasteiger partial charge in [0.2, 0.25) is 0 Å². The van der Waals surface area contributed by atoms with Gasteiger partial charge in [0.1, 0.15) is 0 Å². The molecule has 2 aromatic heterocycles. The number of aromatic nitrogens is 3. The predicted octanol–water partition coefficient (Wildman–Crippen LogP) is 4.63. The lowest BCUT2D eigenvalue weighted by Crippen LogP contribution is -2.35. The van der Waals surface area contributed by atoms with Crippen LogP contribution in [0.3, 0.4) is 0 Å². The Labute approximate surface area is 201 Å². The molecule has 0 aliphatic carbocycles. The number of amides is 1. The average Bonchev–Trinajstić information content (AvgIpc) is 3.15. The summed E-state index contributed by atoms with van der Waals surface area (Å²) >= 11 is 0. The average molecular weight is 483 g/mol. The highest BCUT2D eigenvalue weighted by Gasteiger charge is 2.31. The van der Waals surface area contributed by atoms with E-state index in [1.54, 1.807) is 17.0 Å². The van der Waals surface area contributed by atoms with Crippen molar-refractivity contribution in [3.05, 3.63) is 71.2 Å². The highest BCUT2D eigenvalue weighted by atomic mass is 19.4. The Balaban J connectivity index is 1.54. The first-order valence-electron chi connectivity index (χ1n) is 11.3. The number of pyridine rings is 1. The number of hydrogen-bond donors (Lipinski definition) is 0. The molecule has 4 rings (SSSR count). The Morgan fingerprint density at radius 2 is 1.77 bits per heavy atom. The maximum absolute atomic E-state index is 13.5. The van der Waals surface area contributed by atoms with Gasteiger partial charge in [-0.05, 0) is 48.7 Å². The van der Waals surface area contributed by atoms with Gasteiger partial charge >= 0.3 is 6.18 Å². The molecule has 1 fully saturated rings. The Kier molecular flexibility index (Phi) is 6.78. The van der Waals surface area contributed by atoms with Crippen molar-refractivity contribution in [1.29, 1.82) is 5.26 Å². The molecule has 182 valence electrons.